The predicted molar refractivity (Wildman–Crippen MR) is 324 cm³/mol. The molecule has 0 amide bonds. The third-order valence-corrected chi connectivity index (χ3v) is 16.8. The molecule has 0 aromatic rings. The van der Waals surface area contributed by atoms with E-state index < -0.39 is 0 Å². The molecule has 0 aliphatic carbocycles. The van der Waals surface area contributed by atoms with Crippen molar-refractivity contribution in [2.45, 2.75) is 431 Å². The molecule has 1 heteroatoms. The molecule has 0 saturated heterocycles. The summed E-state index contributed by atoms with van der Waals surface area (Å²) in [7, 11) is 0. The Balaban J connectivity index is 3.07. The van der Waals surface area contributed by atoms with Crippen molar-refractivity contribution in [1.82, 2.24) is 0 Å². The summed E-state index contributed by atoms with van der Waals surface area (Å²) in [6.45, 7) is 2.31. The molecule has 0 aromatic carbocycles. The second-order valence-electron chi connectivity index (χ2n) is 23.7. The fourth-order valence-electron chi connectivity index (χ4n) is 11.5. The van der Waals surface area contributed by atoms with Gasteiger partial charge in [0.1, 0.15) is 0 Å². The molecule has 0 N–H and O–H groups in total. The van der Waals surface area contributed by atoms with Gasteiger partial charge in [-0.05, 0) is 12.2 Å². The molecule has 69 heavy (non-hydrogen) atoms. The van der Waals surface area contributed by atoms with E-state index in [1.807, 2.05) is 0 Å². The van der Waals surface area contributed by atoms with E-state index in [2.05, 4.69) is 19.6 Å². The highest BCUT2D eigenvalue weighted by Gasteiger charge is 2.01. The van der Waals surface area contributed by atoms with Crippen LogP contribution < -0.4 is 0 Å². The number of hydrogen-bond donors (Lipinski definition) is 1. The van der Waals surface area contributed by atoms with Crippen molar-refractivity contribution in [1.29, 1.82) is 0 Å². The summed E-state index contributed by atoms with van der Waals surface area (Å²) in [5.74, 6) is 1.07. The first-order chi connectivity index (χ1) is 34.4. The quantitative estimate of drug-likeness (QED) is 0.0456. The largest absolute Gasteiger partial charge is 0.179 e. The molecule has 0 heterocycles. The molecule has 0 unspecified atom stereocenters. The molecule has 0 atom stereocenters. The minimum Gasteiger partial charge on any atom is -0.179 e. The number of unbranched alkanes of at least 4 members (excludes halogenated alkanes) is 65. The van der Waals surface area contributed by atoms with Crippen LogP contribution in [0.2, 0.25) is 0 Å². The number of thiol groups is 1. The van der Waals surface area contributed by atoms with Gasteiger partial charge in [-0.1, -0.05) is 424 Å². The van der Waals surface area contributed by atoms with Gasteiger partial charge in [-0.3, -0.25) is 0 Å². The van der Waals surface area contributed by atoms with Gasteiger partial charge in [0.15, 0.2) is 0 Å². The summed E-state index contributed by atoms with van der Waals surface area (Å²) in [6.07, 6.45) is 98.0. The molecule has 0 aromatic heterocycles. The lowest BCUT2D eigenvalue weighted by Gasteiger charge is -2.05. The Labute approximate surface area is 446 Å². The Hall–Kier alpha value is 0.350. The molecular formula is C68H138S. The second-order valence-corrected chi connectivity index (χ2v) is 24.2. The molecule has 0 bridgehead atoms. The summed E-state index contributed by atoms with van der Waals surface area (Å²) in [4.78, 5) is 0. The van der Waals surface area contributed by atoms with Crippen LogP contribution >= 0.6 is 12.6 Å². The predicted octanol–water partition coefficient (Wildman–Crippen LogP) is 26.7. The lowest BCUT2D eigenvalue weighted by Crippen LogP contribution is -1.85. The fourth-order valence-corrected chi connectivity index (χ4v) is 11.7. The van der Waals surface area contributed by atoms with Gasteiger partial charge in [-0.2, -0.15) is 12.6 Å². The van der Waals surface area contributed by atoms with Crippen molar-refractivity contribution >= 4 is 12.6 Å². The van der Waals surface area contributed by atoms with E-state index in [-0.39, 0.29) is 0 Å². The van der Waals surface area contributed by atoms with Gasteiger partial charge in [0, 0.05) is 0 Å². The average Bonchev–Trinajstić information content (AvgIpc) is 3.36. The summed E-state index contributed by atoms with van der Waals surface area (Å²) >= 11 is 4.31. The monoisotopic (exact) mass is 987 g/mol. The van der Waals surface area contributed by atoms with E-state index in [0.717, 1.165) is 5.75 Å². The van der Waals surface area contributed by atoms with Crippen LogP contribution in [0, 0.1) is 0 Å². The molecule has 0 aliphatic rings. The molecule has 0 saturated carbocycles. The van der Waals surface area contributed by atoms with Crippen LogP contribution in [0.3, 0.4) is 0 Å². The van der Waals surface area contributed by atoms with Crippen molar-refractivity contribution in [3.05, 3.63) is 0 Å². The Morgan fingerprint density at radius 1 is 0.116 bits per heavy atom. The summed E-state index contributed by atoms with van der Waals surface area (Å²) in [5, 5.41) is 0. The zero-order valence-electron chi connectivity index (χ0n) is 48.8. The van der Waals surface area contributed by atoms with Crippen LogP contribution in [0.4, 0.5) is 0 Å². The van der Waals surface area contributed by atoms with Crippen LogP contribution in [0.15, 0.2) is 0 Å². The van der Waals surface area contributed by atoms with Crippen molar-refractivity contribution in [2.24, 2.45) is 0 Å². The maximum absolute atomic E-state index is 4.31. The van der Waals surface area contributed by atoms with E-state index in [1.54, 1.807) is 0 Å². The van der Waals surface area contributed by atoms with Crippen LogP contribution in [0.25, 0.3) is 0 Å². The first-order valence-corrected chi connectivity index (χ1v) is 34.7. The molecule has 0 rings (SSSR count). The molecular weight excluding hydrogens is 849 g/mol. The van der Waals surface area contributed by atoms with Gasteiger partial charge >= 0.3 is 0 Å². The first-order valence-electron chi connectivity index (χ1n) is 34.0. The van der Waals surface area contributed by atoms with Crippen LogP contribution in [-0.4, -0.2) is 5.75 Å². The number of rotatable bonds is 66. The highest BCUT2D eigenvalue weighted by Crippen LogP contribution is 2.20. The third kappa shape index (κ3) is 68.3. The highest BCUT2D eigenvalue weighted by molar-refractivity contribution is 7.80. The van der Waals surface area contributed by atoms with E-state index in [4.69, 9.17) is 0 Å². The lowest BCUT2D eigenvalue weighted by molar-refractivity contribution is 0.506. The van der Waals surface area contributed by atoms with Gasteiger partial charge in [0.2, 0.25) is 0 Å². The summed E-state index contributed by atoms with van der Waals surface area (Å²) in [6, 6.07) is 0. The summed E-state index contributed by atoms with van der Waals surface area (Å²) in [5.41, 5.74) is 0. The maximum Gasteiger partial charge on any atom is -0.00979 e. The number of hydrogen-bond acceptors (Lipinski definition) is 1. The SMILES string of the molecule is CCCCCCCCCCCCCCCCCCCCCCCCCCCCCCCCCCCCCCCCCCCCCCCCCCCCCCCCCCCCCCCCCCCCS. The van der Waals surface area contributed by atoms with Crippen LogP contribution in [-0.2, 0) is 0 Å². The minimum absolute atomic E-state index is 1.07. The van der Waals surface area contributed by atoms with Gasteiger partial charge in [-0.25, -0.2) is 0 Å². The van der Waals surface area contributed by atoms with E-state index in [9.17, 15) is 0 Å². The molecule has 0 nitrogen and oxygen atoms in total. The Morgan fingerprint density at radius 2 is 0.188 bits per heavy atom. The van der Waals surface area contributed by atoms with Crippen LogP contribution in [0.1, 0.15) is 431 Å². The molecule has 416 valence electrons. The standard InChI is InChI=1S/C68H138S/c1-2-3-4-5-6-7-8-9-10-11-12-13-14-15-16-17-18-19-20-21-22-23-24-25-26-27-28-29-30-31-32-33-34-35-36-37-38-39-40-41-42-43-44-45-46-47-48-49-50-51-52-53-54-55-56-57-58-59-60-61-62-63-64-65-66-67-68-69/h69H,2-68H2,1H3. The van der Waals surface area contributed by atoms with E-state index >= 15 is 0 Å². The maximum atomic E-state index is 4.31. The average molecular weight is 988 g/mol. The Kier molecular flexibility index (Phi) is 68.7. The third-order valence-electron chi connectivity index (χ3n) is 16.5. The normalized spacial score (nSPS) is 11.7. The fraction of sp³-hybridized carbons (Fsp3) is 1.00. The molecule has 0 spiro atoms. The van der Waals surface area contributed by atoms with Gasteiger partial charge in [-0.15, -0.1) is 0 Å². The Morgan fingerprint density at radius 3 is 0.261 bits per heavy atom. The van der Waals surface area contributed by atoms with Gasteiger partial charge < -0.3 is 0 Å². The van der Waals surface area contributed by atoms with Gasteiger partial charge in [0.05, 0.1) is 0 Å². The molecule has 0 aliphatic heterocycles. The van der Waals surface area contributed by atoms with Crippen molar-refractivity contribution in [3.8, 4) is 0 Å². The van der Waals surface area contributed by atoms with Gasteiger partial charge in [0.25, 0.3) is 0 Å². The molecule has 0 fully saturated rings. The van der Waals surface area contributed by atoms with Crippen molar-refractivity contribution in [2.75, 3.05) is 5.75 Å². The smallest absolute Gasteiger partial charge is 0.00979 e. The minimum atomic E-state index is 1.07. The van der Waals surface area contributed by atoms with Crippen molar-refractivity contribution < 1.29 is 0 Å². The lowest BCUT2D eigenvalue weighted by atomic mass is 10.0. The van der Waals surface area contributed by atoms with E-state index in [0.29, 0.717) is 0 Å². The topological polar surface area (TPSA) is 0 Å². The highest BCUT2D eigenvalue weighted by atomic mass is 32.1. The molecule has 0 radical (unpaired) electrons. The zero-order chi connectivity index (χ0) is 49.4. The van der Waals surface area contributed by atoms with E-state index in [1.165, 1.54) is 424 Å². The second kappa shape index (κ2) is 68.4. The Bertz CT molecular complexity index is 754. The van der Waals surface area contributed by atoms with Crippen molar-refractivity contribution in [3.63, 3.8) is 0 Å². The first kappa shape index (κ1) is 69.3. The summed E-state index contributed by atoms with van der Waals surface area (Å²) < 4.78 is 0. The zero-order valence-corrected chi connectivity index (χ0v) is 49.7. The van der Waals surface area contributed by atoms with Crippen LogP contribution in [0.5, 0.6) is 0 Å².